The van der Waals surface area contributed by atoms with E-state index in [1.165, 1.54) is 7.11 Å². The van der Waals surface area contributed by atoms with Gasteiger partial charge in [0.15, 0.2) is 11.6 Å². The quantitative estimate of drug-likeness (QED) is 0.919. The summed E-state index contributed by atoms with van der Waals surface area (Å²) in [6, 6.07) is 12.2. The summed E-state index contributed by atoms with van der Waals surface area (Å²) in [4.78, 5) is 0. The lowest BCUT2D eigenvalue weighted by atomic mass is 9.98. The molecule has 0 saturated carbocycles. The molecule has 0 aromatic heterocycles. The van der Waals surface area contributed by atoms with Gasteiger partial charge in [0.1, 0.15) is 0 Å². The van der Waals surface area contributed by atoms with Gasteiger partial charge in [0, 0.05) is 10.6 Å². The van der Waals surface area contributed by atoms with Crippen LogP contribution in [0.5, 0.6) is 5.75 Å². The molecule has 4 heteroatoms. The van der Waals surface area contributed by atoms with E-state index >= 15 is 0 Å². The van der Waals surface area contributed by atoms with Crippen molar-refractivity contribution in [3.63, 3.8) is 0 Å². The molecule has 1 N–H and O–H groups in total. The topological polar surface area (TPSA) is 21.3 Å². The van der Waals surface area contributed by atoms with Gasteiger partial charge in [-0.1, -0.05) is 41.9 Å². The summed E-state index contributed by atoms with van der Waals surface area (Å²) in [5.74, 6) is -0.144. The van der Waals surface area contributed by atoms with Crippen molar-refractivity contribution < 1.29 is 9.13 Å². The fraction of sp³-hybridized carbons (Fsp3) is 0.200. The Bertz CT molecular complexity index is 574. The zero-order valence-corrected chi connectivity index (χ0v) is 11.5. The highest BCUT2D eigenvalue weighted by Crippen LogP contribution is 2.32. The van der Waals surface area contributed by atoms with Crippen molar-refractivity contribution in [1.82, 2.24) is 5.32 Å². The van der Waals surface area contributed by atoms with Crippen LogP contribution in [0.1, 0.15) is 17.2 Å². The molecule has 100 valence electrons. The highest BCUT2D eigenvalue weighted by atomic mass is 35.5. The van der Waals surface area contributed by atoms with Gasteiger partial charge in [-0.25, -0.2) is 4.39 Å². The zero-order chi connectivity index (χ0) is 13.8. The number of halogens is 2. The Balaban J connectivity index is 2.52. The molecule has 0 saturated heterocycles. The molecule has 0 fully saturated rings. The number of hydrogen-bond donors (Lipinski definition) is 1. The molecule has 1 unspecified atom stereocenters. The third kappa shape index (κ3) is 2.72. The van der Waals surface area contributed by atoms with E-state index in [2.05, 4.69) is 5.32 Å². The normalized spacial score (nSPS) is 12.2. The van der Waals surface area contributed by atoms with Crippen molar-refractivity contribution >= 4 is 11.6 Å². The lowest BCUT2D eigenvalue weighted by Gasteiger charge is -2.20. The van der Waals surface area contributed by atoms with Crippen LogP contribution in [0.2, 0.25) is 5.02 Å². The number of methoxy groups -OCH3 is 1. The molecule has 2 rings (SSSR count). The van der Waals surface area contributed by atoms with Gasteiger partial charge in [-0.05, 0) is 24.7 Å². The molecule has 19 heavy (non-hydrogen) atoms. The largest absolute Gasteiger partial charge is 0.494 e. The summed E-state index contributed by atoms with van der Waals surface area (Å²) in [5.41, 5.74) is 1.34. The maximum atomic E-state index is 14.3. The minimum Gasteiger partial charge on any atom is -0.494 e. The van der Waals surface area contributed by atoms with Crippen molar-refractivity contribution in [2.24, 2.45) is 0 Å². The minimum atomic E-state index is -0.371. The fourth-order valence-corrected chi connectivity index (χ4v) is 2.34. The van der Waals surface area contributed by atoms with Gasteiger partial charge >= 0.3 is 0 Å². The van der Waals surface area contributed by atoms with E-state index in [9.17, 15) is 4.39 Å². The predicted octanol–water partition coefficient (Wildman–Crippen LogP) is 3.80. The Hall–Kier alpha value is -1.58. The molecule has 0 bridgehead atoms. The summed E-state index contributed by atoms with van der Waals surface area (Å²) < 4.78 is 19.3. The van der Waals surface area contributed by atoms with E-state index in [-0.39, 0.29) is 17.6 Å². The summed E-state index contributed by atoms with van der Waals surface area (Å²) in [6.45, 7) is 0. The summed E-state index contributed by atoms with van der Waals surface area (Å²) >= 11 is 6.18. The highest BCUT2D eigenvalue weighted by molar-refractivity contribution is 6.31. The molecule has 0 spiro atoms. The van der Waals surface area contributed by atoms with Crippen molar-refractivity contribution in [3.8, 4) is 5.75 Å². The van der Waals surface area contributed by atoms with Crippen molar-refractivity contribution in [3.05, 3.63) is 64.4 Å². The Morgan fingerprint density at radius 3 is 2.42 bits per heavy atom. The van der Waals surface area contributed by atoms with Crippen LogP contribution in [-0.2, 0) is 0 Å². The van der Waals surface area contributed by atoms with Gasteiger partial charge in [-0.2, -0.15) is 0 Å². The molecule has 1 atom stereocenters. The number of rotatable bonds is 4. The highest BCUT2D eigenvalue weighted by Gasteiger charge is 2.20. The van der Waals surface area contributed by atoms with Crippen molar-refractivity contribution in [2.45, 2.75) is 6.04 Å². The van der Waals surface area contributed by atoms with E-state index in [1.54, 1.807) is 31.3 Å². The van der Waals surface area contributed by atoms with Crippen LogP contribution in [0.25, 0.3) is 0 Å². The third-order valence-electron chi connectivity index (χ3n) is 3.03. The average molecular weight is 280 g/mol. The SMILES string of the molecule is CNC(c1ccccc1Cl)c1cccc(OC)c1F. The number of nitrogens with one attached hydrogen (secondary N) is 1. The van der Waals surface area contributed by atoms with E-state index in [1.807, 2.05) is 18.2 Å². The zero-order valence-electron chi connectivity index (χ0n) is 10.8. The maximum Gasteiger partial charge on any atom is 0.170 e. The molecule has 0 amide bonds. The maximum absolute atomic E-state index is 14.3. The fourth-order valence-electron chi connectivity index (χ4n) is 2.10. The molecule has 0 aliphatic rings. The first-order valence-corrected chi connectivity index (χ1v) is 6.31. The molecule has 2 aromatic carbocycles. The van der Waals surface area contributed by atoms with Crippen LogP contribution < -0.4 is 10.1 Å². The first-order valence-electron chi connectivity index (χ1n) is 5.93. The Kier molecular flexibility index (Phi) is 4.40. The number of benzene rings is 2. The molecule has 2 nitrogen and oxygen atoms in total. The van der Waals surface area contributed by atoms with Gasteiger partial charge in [-0.3, -0.25) is 0 Å². The van der Waals surface area contributed by atoms with E-state index < -0.39 is 0 Å². The smallest absolute Gasteiger partial charge is 0.170 e. The third-order valence-corrected chi connectivity index (χ3v) is 3.37. The molecule has 0 aliphatic carbocycles. The van der Waals surface area contributed by atoms with Gasteiger partial charge in [-0.15, -0.1) is 0 Å². The van der Waals surface area contributed by atoms with Gasteiger partial charge < -0.3 is 10.1 Å². The van der Waals surface area contributed by atoms with Crippen molar-refractivity contribution in [2.75, 3.05) is 14.2 Å². The molecule has 0 radical (unpaired) electrons. The summed E-state index contributed by atoms with van der Waals surface area (Å²) in [5, 5.41) is 3.69. The van der Waals surface area contributed by atoms with Crippen molar-refractivity contribution in [1.29, 1.82) is 0 Å². The summed E-state index contributed by atoms with van der Waals surface area (Å²) in [6.07, 6.45) is 0. The van der Waals surface area contributed by atoms with E-state index in [0.29, 0.717) is 10.6 Å². The molecule has 0 heterocycles. The summed E-state index contributed by atoms with van der Waals surface area (Å²) in [7, 11) is 3.22. The van der Waals surface area contributed by atoms with Crippen LogP contribution in [0, 0.1) is 5.82 Å². The van der Waals surface area contributed by atoms with E-state index in [0.717, 1.165) is 5.56 Å². The first kappa shape index (κ1) is 13.8. The van der Waals surface area contributed by atoms with Crippen LogP contribution in [0.3, 0.4) is 0 Å². The average Bonchev–Trinajstić information content (AvgIpc) is 2.43. The lowest BCUT2D eigenvalue weighted by molar-refractivity contribution is 0.382. The van der Waals surface area contributed by atoms with Crippen LogP contribution in [0.4, 0.5) is 4.39 Å². The second-order valence-electron chi connectivity index (χ2n) is 4.11. The second kappa shape index (κ2) is 6.04. The molecule has 2 aromatic rings. The monoisotopic (exact) mass is 279 g/mol. The lowest BCUT2D eigenvalue weighted by Crippen LogP contribution is -2.19. The standard InChI is InChI=1S/C15H15ClFNO/c1-18-15(10-6-3-4-8-12(10)16)11-7-5-9-13(19-2)14(11)17/h3-9,15,18H,1-2H3. The number of ether oxygens (including phenoxy) is 1. The van der Waals surface area contributed by atoms with Gasteiger partial charge in [0.2, 0.25) is 0 Å². The minimum absolute atomic E-state index is 0.227. The Morgan fingerprint density at radius 2 is 1.79 bits per heavy atom. The van der Waals surface area contributed by atoms with E-state index in [4.69, 9.17) is 16.3 Å². The van der Waals surface area contributed by atoms with Gasteiger partial charge in [0.25, 0.3) is 0 Å². The predicted molar refractivity (Wildman–Crippen MR) is 75.3 cm³/mol. The Labute approximate surface area is 117 Å². The molecule has 0 aliphatic heterocycles. The number of hydrogen-bond acceptors (Lipinski definition) is 2. The Morgan fingerprint density at radius 1 is 1.11 bits per heavy atom. The van der Waals surface area contributed by atoms with Crippen LogP contribution >= 0.6 is 11.6 Å². The van der Waals surface area contributed by atoms with Crippen LogP contribution in [-0.4, -0.2) is 14.2 Å². The van der Waals surface area contributed by atoms with Gasteiger partial charge in [0.05, 0.1) is 13.2 Å². The first-order chi connectivity index (χ1) is 9.19. The molecular formula is C15H15ClFNO. The second-order valence-corrected chi connectivity index (χ2v) is 4.51. The van der Waals surface area contributed by atoms with Crippen LogP contribution in [0.15, 0.2) is 42.5 Å². The molecular weight excluding hydrogens is 265 g/mol.